The second kappa shape index (κ2) is 4.72. The Morgan fingerprint density at radius 3 is 3.00 bits per heavy atom. The molecule has 2 aromatic rings. The Hall–Kier alpha value is -1.77. The van der Waals surface area contributed by atoms with Crippen molar-refractivity contribution in [2.45, 2.75) is 32.6 Å². The molecule has 3 heteroatoms. The minimum atomic E-state index is -0.0291. The van der Waals surface area contributed by atoms with Crippen molar-refractivity contribution in [3.05, 3.63) is 35.5 Å². The summed E-state index contributed by atoms with van der Waals surface area (Å²) in [6.07, 6.45) is 3.88. The molecule has 1 aromatic heterocycles. The van der Waals surface area contributed by atoms with Gasteiger partial charge in [-0.3, -0.25) is 4.79 Å². The Morgan fingerprint density at radius 2 is 2.21 bits per heavy atom. The average Bonchev–Trinajstić information content (AvgIpc) is 2.78. The lowest BCUT2D eigenvalue weighted by Gasteiger charge is -2.22. The first kappa shape index (κ1) is 12.3. The highest BCUT2D eigenvalue weighted by Crippen LogP contribution is 2.33. The van der Waals surface area contributed by atoms with Gasteiger partial charge in [-0.2, -0.15) is 0 Å². The lowest BCUT2D eigenvalue weighted by atomic mass is 9.85. The molecule has 2 heterocycles. The lowest BCUT2D eigenvalue weighted by Crippen LogP contribution is -2.33. The topological polar surface area (TPSA) is 44.9 Å². The van der Waals surface area contributed by atoms with E-state index in [1.807, 2.05) is 6.07 Å². The summed E-state index contributed by atoms with van der Waals surface area (Å²) >= 11 is 0. The predicted octanol–water partition coefficient (Wildman–Crippen LogP) is 2.97. The van der Waals surface area contributed by atoms with E-state index in [4.69, 9.17) is 0 Å². The zero-order valence-electron chi connectivity index (χ0n) is 11.5. The van der Waals surface area contributed by atoms with Gasteiger partial charge in [0.2, 0.25) is 5.91 Å². The summed E-state index contributed by atoms with van der Waals surface area (Å²) in [4.78, 5) is 15.7. The number of benzene rings is 1. The fourth-order valence-electron chi connectivity index (χ4n) is 3.06. The average molecular weight is 256 g/mol. The number of nitrogens with one attached hydrogen (secondary N) is 2. The maximum absolute atomic E-state index is 12.4. The fraction of sp³-hybridized carbons (Fsp3) is 0.438. The van der Waals surface area contributed by atoms with Crippen LogP contribution in [0.5, 0.6) is 0 Å². The van der Waals surface area contributed by atoms with Crippen LogP contribution in [0.1, 0.15) is 37.3 Å². The van der Waals surface area contributed by atoms with E-state index < -0.39 is 0 Å². The van der Waals surface area contributed by atoms with Crippen LogP contribution in [0.25, 0.3) is 10.9 Å². The molecule has 0 fully saturated rings. The second-order valence-electron chi connectivity index (χ2n) is 5.81. The van der Waals surface area contributed by atoms with E-state index in [9.17, 15) is 4.79 Å². The maximum Gasteiger partial charge on any atom is 0.227 e. The summed E-state index contributed by atoms with van der Waals surface area (Å²) in [6.45, 7) is 5.07. The van der Waals surface area contributed by atoms with Crippen LogP contribution in [-0.2, 0) is 11.2 Å². The van der Waals surface area contributed by atoms with E-state index in [-0.39, 0.29) is 11.8 Å². The van der Waals surface area contributed by atoms with Crippen molar-refractivity contribution in [3.63, 3.8) is 0 Å². The Bertz CT molecular complexity index is 612. The molecule has 3 nitrogen and oxygen atoms in total. The van der Waals surface area contributed by atoms with Crippen LogP contribution < -0.4 is 5.32 Å². The van der Waals surface area contributed by atoms with E-state index in [0.29, 0.717) is 5.92 Å². The summed E-state index contributed by atoms with van der Waals surface area (Å²) in [6, 6.07) is 6.24. The van der Waals surface area contributed by atoms with Gasteiger partial charge in [0.15, 0.2) is 0 Å². The monoisotopic (exact) mass is 256 g/mol. The third-order valence-corrected chi connectivity index (χ3v) is 3.91. The number of amides is 1. The number of hydrogen-bond acceptors (Lipinski definition) is 1. The molecule has 0 saturated heterocycles. The molecule has 0 radical (unpaired) electrons. The highest BCUT2D eigenvalue weighted by molar-refractivity contribution is 5.94. The molecule has 2 N–H and O–H groups in total. The van der Waals surface area contributed by atoms with Crippen molar-refractivity contribution >= 4 is 16.8 Å². The van der Waals surface area contributed by atoms with Gasteiger partial charge in [0.25, 0.3) is 0 Å². The van der Waals surface area contributed by atoms with E-state index in [0.717, 1.165) is 24.9 Å². The minimum absolute atomic E-state index is 0.0291. The second-order valence-corrected chi connectivity index (χ2v) is 5.81. The van der Waals surface area contributed by atoms with Crippen molar-refractivity contribution in [3.8, 4) is 0 Å². The first-order chi connectivity index (χ1) is 9.16. The van der Waals surface area contributed by atoms with Gasteiger partial charge in [-0.25, -0.2) is 0 Å². The van der Waals surface area contributed by atoms with Crippen molar-refractivity contribution in [1.82, 2.24) is 10.3 Å². The molecule has 1 amide bonds. The first-order valence-electron chi connectivity index (χ1n) is 7.03. The molecule has 0 bridgehead atoms. The smallest absolute Gasteiger partial charge is 0.227 e. The van der Waals surface area contributed by atoms with Gasteiger partial charge in [0.1, 0.15) is 0 Å². The molecule has 1 aliphatic rings. The Morgan fingerprint density at radius 1 is 1.37 bits per heavy atom. The lowest BCUT2D eigenvalue weighted by molar-refractivity contribution is -0.122. The molecule has 1 atom stereocenters. The number of hydrogen-bond donors (Lipinski definition) is 2. The van der Waals surface area contributed by atoms with Crippen LogP contribution in [0.15, 0.2) is 24.4 Å². The van der Waals surface area contributed by atoms with Gasteiger partial charge < -0.3 is 10.3 Å². The van der Waals surface area contributed by atoms with E-state index >= 15 is 0 Å². The normalized spacial score (nSPS) is 19.3. The molecule has 1 aromatic carbocycles. The number of carbonyl (C=O) groups excluding carboxylic acids is 1. The zero-order valence-corrected chi connectivity index (χ0v) is 11.5. The van der Waals surface area contributed by atoms with Crippen LogP contribution in [0, 0.1) is 5.92 Å². The number of aromatic amines is 1. The largest absolute Gasteiger partial charge is 0.361 e. The zero-order chi connectivity index (χ0) is 13.4. The van der Waals surface area contributed by atoms with Crippen LogP contribution in [0.2, 0.25) is 0 Å². The van der Waals surface area contributed by atoms with Crippen molar-refractivity contribution < 1.29 is 4.79 Å². The van der Waals surface area contributed by atoms with Gasteiger partial charge in [-0.1, -0.05) is 26.0 Å². The van der Waals surface area contributed by atoms with Gasteiger partial charge >= 0.3 is 0 Å². The highest BCUT2D eigenvalue weighted by atomic mass is 16.1. The van der Waals surface area contributed by atoms with Gasteiger partial charge in [-0.05, 0) is 36.0 Å². The van der Waals surface area contributed by atoms with Crippen LogP contribution in [0.4, 0.5) is 0 Å². The SMILES string of the molecule is CC(C)CC1C(=O)NCCc2c[nH]c3cccc1c23. The quantitative estimate of drug-likeness (QED) is 0.852. The van der Waals surface area contributed by atoms with Crippen LogP contribution in [0.3, 0.4) is 0 Å². The van der Waals surface area contributed by atoms with E-state index in [1.54, 1.807) is 0 Å². The molecule has 1 unspecified atom stereocenters. The standard InChI is InChI=1S/C16H20N2O/c1-10(2)8-13-12-4-3-5-14-15(12)11(9-18-14)6-7-17-16(13)19/h3-5,9-10,13,18H,6-8H2,1-2H3,(H,17,19). The molecule has 1 aliphatic heterocycles. The molecular weight excluding hydrogens is 236 g/mol. The summed E-state index contributed by atoms with van der Waals surface area (Å²) in [5, 5.41) is 4.33. The third kappa shape index (κ3) is 2.14. The minimum Gasteiger partial charge on any atom is -0.361 e. The molecule has 0 saturated carbocycles. The van der Waals surface area contributed by atoms with Crippen LogP contribution in [-0.4, -0.2) is 17.4 Å². The maximum atomic E-state index is 12.4. The first-order valence-corrected chi connectivity index (χ1v) is 7.03. The predicted molar refractivity (Wildman–Crippen MR) is 77.2 cm³/mol. The fourth-order valence-corrected chi connectivity index (χ4v) is 3.06. The van der Waals surface area contributed by atoms with Gasteiger partial charge in [0.05, 0.1) is 5.92 Å². The molecule has 100 valence electrons. The van der Waals surface area contributed by atoms with Gasteiger partial charge in [-0.15, -0.1) is 0 Å². The summed E-state index contributed by atoms with van der Waals surface area (Å²) in [5.74, 6) is 0.652. The number of carbonyl (C=O) groups is 1. The molecule has 19 heavy (non-hydrogen) atoms. The molecule has 0 aliphatic carbocycles. The molecular formula is C16H20N2O. The molecule has 0 spiro atoms. The molecule has 3 rings (SSSR count). The highest BCUT2D eigenvalue weighted by Gasteiger charge is 2.26. The van der Waals surface area contributed by atoms with Crippen LogP contribution >= 0.6 is 0 Å². The van der Waals surface area contributed by atoms with E-state index in [1.165, 1.54) is 16.5 Å². The summed E-state index contributed by atoms with van der Waals surface area (Å²) < 4.78 is 0. The van der Waals surface area contributed by atoms with E-state index in [2.05, 4.69) is 42.5 Å². The number of H-pyrrole nitrogens is 1. The Kier molecular flexibility index (Phi) is 3.05. The van der Waals surface area contributed by atoms with Crippen molar-refractivity contribution in [2.75, 3.05) is 6.54 Å². The van der Waals surface area contributed by atoms with Crippen molar-refractivity contribution in [1.29, 1.82) is 0 Å². The summed E-state index contributed by atoms with van der Waals surface area (Å²) in [5.41, 5.74) is 3.65. The Balaban J connectivity index is 2.19. The van der Waals surface area contributed by atoms with Gasteiger partial charge in [0, 0.05) is 23.6 Å². The summed E-state index contributed by atoms with van der Waals surface area (Å²) in [7, 11) is 0. The van der Waals surface area contributed by atoms with Crippen molar-refractivity contribution in [2.24, 2.45) is 5.92 Å². The number of rotatable bonds is 2. The third-order valence-electron chi connectivity index (χ3n) is 3.91. The Labute approximate surface area is 113 Å². The number of aromatic nitrogens is 1.